The monoisotopic (exact) mass is 456 g/mol. The maximum Gasteiger partial charge on any atom is 0.416 e. The van der Waals surface area contributed by atoms with E-state index < -0.39 is 11.7 Å². The quantitative estimate of drug-likeness (QED) is 0.517. The predicted octanol–water partition coefficient (Wildman–Crippen LogP) is 6.11. The Morgan fingerprint density at radius 3 is 2.34 bits per heavy atom. The number of carbonyl (C=O) groups excluding carboxylic acids is 1. The van der Waals surface area contributed by atoms with E-state index in [1.54, 1.807) is 4.90 Å². The fourth-order valence-electron chi connectivity index (χ4n) is 3.65. The number of nitriles is 1. The molecule has 3 aromatic rings. The molecule has 9 heteroatoms. The highest BCUT2D eigenvalue weighted by Gasteiger charge is 2.30. The number of piperidine rings is 1. The van der Waals surface area contributed by atoms with Gasteiger partial charge in [-0.25, -0.2) is 9.78 Å². The first-order chi connectivity index (χ1) is 15.3. The van der Waals surface area contributed by atoms with E-state index in [1.165, 1.54) is 23.5 Å². The first-order valence-electron chi connectivity index (χ1n) is 10.0. The molecule has 164 valence electrons. The van der Waals surface area contributed by atoms with E-state index in [4.69, 9.17) is 4.98 Å². The van der Waals surface area contributed by atoms with Gasteiger partial charge in [-0.3, -0.25) is 0 Å². The Hall–Kier alpha value is -3.38. The molecule has 1 saturated heterocycles. The number of amides is 2. The molecule has 0 aliphatic carbocycles. The van der Waals surface area contributed by atoms with Crippen LogP contribution in [-0.2, 0) is 6.18 Å². The lowest BCUT2D eigenvalue weighted by Gasteiger charge is -2.31. The van der Waals surface area contributed by atoms with Gasteiger partial charge in [-0.1, -0.05) is 30.3 Å². The summed E-state index contributed by atoms with van der Waals surface area (Å²) in [6.07, 6.45) is -3.01. The smallest absolute Gasteiger partial charge is 0.324 e. The average Bonchev–Trinajstić information content (AvgIpc) is 3.24. The first-order valence-corrected chi connectivity index (χ1v) is 10.9. The Balaban J connectivity index is 1.38. The number of thiazole rings is 1. The Kier molecular flexibility index (Phi) is 6.15. The van der Waals surface area contributed by atoms with Crippen molar-refractivity contribution in [2.45, 2.75) is 24.9 Å². The molecule has 0 bridgehead atoms. The summed E-state index contributed by atoms with van der Waals surface area (Å²) < 4.78 is 38.0. The molecule has 0 spiro atoms. The number of hydrogen-bond donors (Lipinski definition) is 1. The number of aromatic nitrogens is 1. The van der Waals surface area contributed by atoms with Crippen LogP contribution in [0.4, 0.5) is 23.7 Å². The van der Waals surface area contributed by atoms with Gasteiger partial charge in [0.1, 0.15) is 10.9 Å². The van der Waals surface area contributed by atoms with E-state index in [1.807, 2.05) is 30.3 Å². The third-order valence-electron chi connectivity index (χ3n) is 5.39. The van der Waals surface area contributed by atoms with Gasteiger partial charge in [-0.05, 0) is 37.1 Å². The molecule has 2 heterocycles. The summed E-state index contributed by atoms with van der Waals surface area (Å²) in [4.78, 5) is 19.5. The van der Waals surface area contributed by atoms with Crippen LogP contribution in [0.2, 0.25) is 0 Å². The van der Waals surface area contributed by atoms with Gasteiger partial charge in [0, 0.05) is 30.3 Å². The summed E-state index contributed by atoms with van der Waals surface area (Å²) >= 11 is 1.39. The van der Waals surface area contributed by atoms with Gasteiger partial charge in [0.15, 0.2) is 0 Å². The second-order valence-corrected chi connectivity index (χ2v) is 8.50. The summed E-state index contributed by atoms with van der Waals surface area (Å²) in [6.45, 7) is 0.999. The largest absolute Gasteiger partial charge is 0.416 e. The molecular weight excluding hydrogens is 437 g/mol. The van der Waals surface area contributed by atoms with Crippen LogP contribution in [0.5, 0.6) is 0 Å². The van der Waals surface area contributed by atoms with Crippen LogP contribution in [0, 0.1) is 11.3 Å². The van der Waals surface area contributed by atoms with Crippen molar-refractivity contribution in [1.82, 2.24) is 9.88 Å². The van der Waals surface area contributed by atoms with Gasteiger partial charge in [-0.2, -0.15) is 18.4 Å². The zero-order chi connectivity index (χ0) is 22.7. The molecule has 1 aliphatic heterocycles. The molecule has 1 aliphatic rings. The number of hydrogen-bond acceptors (Lipinski definition) is 4. The lowest BCUT2D eigenvalue weighted by molar-refractivity contribution is -0.137. The highest BCUT2D eigenvalue weighted by Crippen LogP contribution is 2.36. The van der Waals surface area contributed by atoms with Gasteiger partial charge >= 0.3 is 12.2 Å². The minimum absolute atomic E-state index is 0.152. The van der Waals surface area contributed by atoms with Gasteiger partial charge in [0.05, 0.1) is 16.3 Å². The average molecular weight is 456 g/mol. The minimum atomic E-state index is -4.41. The Labute approximate surface area is 187 Å². The van der Waals surface area contributed by atoms with Crippen LogP contribution in [0.1, 0.15) is 34.2 Å². The number of carbonyl (C=O) groups is 1. The maximum absolute atomic E-state index is 12.7. The zero-order valence-corrected chi connectivity index (χ0v) is 17.7. The summed E-state index contributed by atoms with van der Waals surface area (Å²) in [5.74, 6) is 0.152. The number of alkyl halides is 3. The molecule has 0 saturated carbocycles. The standard InChI is InChI=1S/C23H19F3N4OS/c24-23(25,26)17-6-8-18(9-7-17)28-22(31)30-12-10-16(11-13-30)21-29-20(19(14-27)32-21)15-4-2-1-3-5-15/h1-9,16H,10-13H2,(H,28,31). The summed E-state index contributed by atoms with van der Waals surface area (Å²) in [6, 6.07) is 15.8. The number of nitrogens with one attached hydrogen (secondary N) is 1. The van der Waals surface area contributed by atoms with Gasteiger partial charge in [-0.15, -0.1) is 11.3 Å². The van der Waals surface area contributed by atoms with E-state index in [0.29, 0.717) is 42.2 Å². The zero-order valence-electron chi connectivity index (χ0n) is 16.9. The first kappa shape index (κ1) is 21.8. The SMILES string of the molecule is N#Cc1sc(C2CCN(C(=O)Nc3ccc(C(F)(F)F)cc3)CC2)nc1-c1ccccc1. The molecule has 2 amide bonds. The number of rotatable bonds is 3. The lowest BCUT2D eigenvalue weighted by Crippen LogP contribution is -2.40. The molecule has 5 nitrogen and oxygen atoms in total. The summed E-state index contributed by atoms with van der Waals surface area (Å²) in [5.41, 5.74) is 1.15. The normalized spacial score (nSPS) is 14.8. The fraction of sp³-hybridized carbons (Fsp3) is 0.261. The maximum atomic E-state index is 12.7. The van der Waals surface area contributed by atoms with Crippen LogP contribution < -0.4 is 5.32 Å². The Morgan fingerprint density at radius 1 is 1.09 bits per heavy atom. The molecule has 1 N–H and O–H groups in total. The summed E-state index contributed by atoms with van der Waals surface area (Å²) in [5, 5.41) is 13.0. The van der Waals surface area contributed by atoms with Crippen molar-refractivity contribution in [3.05, 3.63) is 70.0 Å². The van der Waals surface area contributed by atoms with Crippen LogP contribution in [0.25, 0.3) is 11.3 Å². The molecule has 1 fully saturated rings. The van der Waals surface area contributed by atoms with E-state index >= 15 is 0 Å². The highest BCUT2D eigenvalue weighted by atomic mass is 32.1. The van der Waals surface area contributed by atoms with Crippen molar-refractivity contribution in [2.75, 3.05) is 18.4 Å². The third-order valence-corrected chi connectivity index (χ3v) is 6.51. The number of urea groups is 1. The van der Waals surface area contributed by atoms with Crippen molar-refractivity contribution in [3.8, 4) is 17.3 Å². The summed E-state index contributed by atoms with van der Waals surface area (Å²) in [7, 11) is 0. The number of nitrogens with zero attached hydrogens (tertiary/aromatic N) is 3. The molecule has 0 atom stereocenters. The second-order valence-electron chi connectivity index (χ2n) is 7.47. The third kappa shape index (κ3) is 4.75. The number of anilines is 1. The molecule has 0 radical (unpaired) electrons. The van der Waals surface area contributed by atoms with E-state index in [2.05, 4.69) is 11.4 Å². The van der Waals surface area contributed by atoms with Gasteiger partial charge in [0.2, 0.25) is 0 Å². The van der Waals surface area contributed by atoms with Crippen molar-refractivity contribution in [3.63, 3.8) is 0 Å². The molecule has 0 unspecified atom stereocenters. The van der Waals surface area contributed by atoms with Gasteiger partial charge < -0.3 is 10.2 Å². The minimum Gasteiger partial charge on any atom is -0.324 e. The van der Waals surface area contributed by atoms with Crippen molar-refractivity contribution < 1.29 is 18.0 Å². The fourth-order valence-corrected chi connectivity index (χ4v) is 4.71. The topological polar surface area (TPSA) is 69.0 Å². The highest BCUT2D eigenvalue weighted by molar-refractivity contribution is 7.12. The van der Waals surface area contributed by atoms with Crippen molar-refractivity contribution >= 4 is 23.1 Å². The van der Waals surface area contributed by atoms with Crippen molar-refractivity contribution in [2.24, 2.45) is 0 Å². The van der Waals surface area contributed by atoms with Crippen molar-refractivity contribution in [1.29, 1.82) is 5.26 Å². The molecular formula is C23H19F3N4OS. The molecule has 32 heavy (non-hydrogen) atoms. The predicted molar refractivity (Wildman–Crippen MR) is 116 cm³/mol. The van der Waals surface area contributed by atoms with E-state index in [9.17, 15) is 23.2 Å². The Morgan fingerprint density at radius 2 is 1.75 bits per heavy atom. The second kappa shape index (κ2) is 9.01. The van der Waals surface area contributed by atoms with E-state index in [0.717, 1.165) is 22.7 Å². The molecule has 1 aromatic heterocycles. The van der Waals surface area contributed by atoms with Crippen LogP contribution >= 0.6 is 11.3 Å². The number of benzene rings is 2. The Bertz CT molecular complexity index is 1130. The van der Waals surface area contributed by atoms with Crippen LogP contribution in [0.15, 0.2) is 54.6 Å². The number of halogens is 3. The van der Waals surface area contributed by atoms with Crippen LogP contribution in [0.3, 0.4) is 0 Å². The number of likely N-dealkylation sites (tertiary alicyclic amines) is 1. The van der Waals surface area contributed by atoms with Crippen LogP contribution in [-0.4, -0.2) is 29.0 Å². The van der Waals surface area contributed by atoms with Gasteiger partial charge in [0.25, 0.3) is 0 Å². The van der Waals surface area contributed by atoms with E-state index in [-0.39, 0.29) is 11.9 Å². The molecule has 4 rings (SSSR count). The molecule has 2 aromatic carbocycles. The lowest BCUT2D eigenvalue weighted by atomic mass is 9.97.